The lowest BCUT2D eigenvalue weighted by atomic mass is 10.1. The molecule has 2 N–H and O–H groups in total. The molecule has 0 atom stereocenters. The Hall–Kier alpha value is -3.71. The number of amides is 2. The fourth-order valence-corrected chi connectivity index (χ4v) is 6.19. The molecule has 5 rings (SSSR count). The maximum Gasteiger partial charge on any atom is 0.362 e. The van der Waals surface area contributed by atoms with Crippen LogP contribution in [-0.2, 0) is 42.8 Å². The van der Waals surface area contributed by atoms with Crippen LogP contribution in [0.1, 0.15) is 29.5 Å². The molecule has 8 nitrogen and oxygen atoms in total. The minimum Gasteiger partial charge on any atom is -0.361 e. The second kappa shape index (κ2) is 12.4. The SMILES string of the molecule is O=C(CN1CCCC1=O)NCCc1c[nH]c2ccc(P(=O)(OCc3ccccc3)OCc3ccccc3)cc12. The second-order valence-electron chi connectivity index (χ2n) is 9.58. The lowest BCUT2D eigenvalue weighted by molar-refractivity contribution is -0.133. The number of rotatable bonds is 12. The van der Waals surface area contributed by atoms with Gasteiger partial charge in [-0.25, -0.2) is 0 Å². The van der Waals surface area contributed by atoms with Crippen LogP contribution in [-0.4, -0.2) is 41.3 Å². The molecular formula is C30H32N3O5P. The average molecular weight is 546 g/mol. The Morgan fingerprint density at radius 1 is 0.949 bits per heavy atom. The molecule has 0 unspecified atom stereocenters. The van der Waals surface area contributed by atoms with Crippen LogP contribution in [0.5, 0.6) is 0 Å². The zero-order valence-corrected chi connectivity index (χ0v) is 22.6. The summed E-state index contributed by atoms with van der Waals surface area (Å²) in [4.78, 5) is 28.9. The van der Waals surface area contributed by atoms with E-state index < -0.39 is 7.60 Å². The minimum atomic E-state index is -3.69. The van der Waals surface area contributed by atoms with Gasteiger partial charge in [0, 0.05) is 36.6 Å². The number of benzene rings is 3. The van der Waals surface area contributed by atoms with E-state index in [1.165, 1.54) is 0 Å². The highest BCUT2D eigenvalue weighted by atomic mass is 31.2. The van der Waals surface area contributed by atoms with Gasteiger partial charge in [0.2, 0.25) is 11.8 Å². The predicted octanol–water partition coefficient (Wildman–Crippen LogP) is 4.70. The van der Waals surface area contributed by atoms with Crippen LogP contribution >= 0.6 is 7.60 Å². The van der Waals surface area contributed by atoms with Crippen LogP contribution in [0, 0.1) is 0 Å². The van der Waals surface area contributed by atoms with E-state index >= 15 is 0 Å². The molecular weight excluding hydrogens is 513 g/mol. The van der Waals surface area contributed by atoms with Crippen molar-refractivity contribution in [3.8, 4) is 0 Å². The van der Waals surface area contributed by atoms with Crippen LogP contribution in [0.25, 0.3) is 10.9 Å². The van der Waals surface area contributed by atoms with Crippen molar-refractivity contribution in [2.24, 2.45) is 0 Å². The number of nitrogens with zero attached hydrogens (tertiary/aromatic N) is 1. The summed E-state index contributed by atoms with van der Waals surface area (Å²) in [6, 6.07) is 24.7. The first-order chi connectivity index (χ1) is 19.0. The first-order valence-electron chi connectivity index (χ1n) is 13.1. The van der Waals surface area contributed by atoms with Gasteiger partial charge in [-0.3, -0.25) is 14.2 Å². The van der Waals surface area contributed by atoms with E-state index in [0.29, 0.717) is 31.2 Å². The number of nitrogens with one attached hydrogen (secondary N) is 2. The van der Waals surface area contributed by atoms with Gasteiger partial charge in [0.15, 0.2) is 0 Å². The molecule has 9 heteroatoms. The van der Waals surface area contributed by atoms with E-state index in [4.69, 9.17) is 9.05 Å². The van der Waals surface area contributed by atoms with Crippen molar-refractivity contribution in [1.82, 2.24) is 15.2 Å². The summed E-state index contributed by atoms with van der Waals surface area (Å²) < 4.78 is 26.2. The summed E-state index contributed by atoms with van der Waals surface area (Å²) in [5.41, 5.74) is 3.66. The third-order valence-corrected chi connectivity index (χ3v) is 8.63. The molecule has 1 aliphatic heterocycles. The number of aromatic nitrogens is 1. The van der Waals surface area contributed by atoms with Gasteiger partial charge < -0.3 is 24.2 Å². The molecule has 1 saturated heterocycles. The topological polar surface area (TPSA) is 101 Å². The molecule has 1 fully saturated rings. The van der Waals surface area contributed by atoms with Crippen molar-refractivity contribution in [2.75, 3.05) is 19.6 Å². The summed E-state index contributed by atoms with van der Waals surface area (Å²) >= 11 is 0. The van der Waals surface area contributed by atoms with Crippen LogP contribution < -0.4 is 10.6 Å². The Labute approximate surface area is 227 Å². The third kappa shape index (κ3) is 6.84. The van der Waals surface area contributed by atoms with E-state index in [2.05, 4.69) is 10.3 Å². The number of hydrogen-bond acceptors (Lipinski definition) is 5. The molecule has 2 heterocycles. The van der Waals surface area contributed by atoms with Crippen molar-refractivity contribution >= 4 is 35.6 Å². The van der Waals surface area contributed by atoms with Crippen molar-refractivity contribution in [3.63, 3.8) is 0 Å². The van der Waals surface area contributed by atoms with Gasteiger partial charge in [0.05, 0.1) is 25.1 Å². The fraction of sp³-hybridized carbons (Fsp3) is 0.267. The highest BCUT2D eigenvalue weighted by Crippen LogP contribution is 2.49. The highest BCUT2D eigenvalue weighted by molar-refractivity contribution is 7.62. The zero-order valence-electron chi connectivity index (χ0n) is 21.7. The normalized spacial score (nSPS) is 13.7. The van der Waals surface area contributed by atoms with Gasteiger partial charge in [-0.05, 0) is 47.7 Å². The number of aromatic amines is 1. The monoisotopic (exact) mass is 545 g/mol. The van der Waals surface area contributed by atoms with E-state index in [1.807, 2.05) is 79.0 Å². The number of hydrogen-bond donors (Lipinski definition) is 2. The number of carbonyl (C=O) groups is 2. The molecule has 0 aliphatic carbocycles. The smallest absolute Gasteiger partial charge is 0.361 e. The van der Waals surface area contributed by atoms with Crippen LogP contribution in [0.15, 0.2) is 85.1 Å². The molecule has 39 heavy (non-hydrogen) atoms. The van der Waals surface area contributed by atoms with Crippen molar-refractivity contribution in [2.45, 2.75) is 32.5 Å². The Morgan fingerprint density at radius 3 is 2.23 bits per heavy atom. The predicted molar refractivity (Wildman–Crippen MR) is 151 cm³/mol. The van der Waals surface area contributed by atoms with Crippen molar-refractivity contribution in [3.05, 3.63) is 102 Å². The maximum absolute atomic E-state index is 14.2. The molecule has 2 amide bonds. The lowest BCUT2D eigenvalue weighted by Crippen LogP contribution is -2.38. The maximum atomic E-state index is 14.2. The van der Waals surface area contributed by atoms with Gasteiger partial charge in [-0.15, -0.1) is 0 Å². The summed E-state index contributed by atoms with van der Waals surface area (Å²) in [5, 5.41) is 4.27. The molecule has 0 radical (unpaired) electrons. The molecule has 3 aromatic carbocycles. The summed E-state index contributed by atoms with van der Waals surface area (Å²) in [7, 11) is -3.69. The van der Waals surface area contributed by atoms with Gasteiger partial charge in [-0.2, -0.15) is 0 Å². The Balaban J connectivity index is 1.30. The van der Waals surface area contributed by atoms with Crippen LogP contribution in [0.4, 0.5) is 0 Å². The largest absolute Gasteiger partial charge is 0.362 e. The molecule has 0 saturated carbocycles. The summed E-state index contributed by atoms with van der Waals surface area (Å²) in [6.07, 6.45) is 3.78. The molecule has 4 aromatic rings. The number of likely N-dealkylation sites (tertiary alicyclic amines) is 1. The number of fused-ring (bicyclic) bond motifs is 1. The van der Waals surface area contributed by atoms with Gasteiger partial charge >= 0.3 is 7.60 Å². The summed E-state index contributed by atoms with van der Waals surface area (Å²) in [6.45, 7) is 1.45. The van der Waals surface area contributed by atoms with Gasteiger partial charge in [0.1, 0.15) is 0 Å². The van der Waals surface area contributed by atoms with E-state index in [1.54, 1.807) is 11.0 Å². The standard InChI is InChI=1S/C30H32N3O5P/c34-29(20-33-17-7-12-30(33)35)31-16-15-25-19-32-28-14-13-26(18-27(25)28)39(36,37-21-23-8-3-1-4-9-23)38-22-24-10-5-2-6-11-24/h1-6,8-11,13-14,18-19,32H,7,12,15-17,20-22H2,(H,31,34). The zero-order chi connectivity index (χ0) is 27.1. The average Bonchev–Trinajstić information content (AvgIpc) is 3.57. The molecule has 0 bridgehead atoms. The van der Waals surface area contributed by atoms with E-state index in [-0.39, 0.29) is 31.6 Å². The van der Waals surface area contributed by atoms with Crippen molar-refractivity contribution < 1.29 is 23.2 Å². The molecule has 202 valence electrons. The number of H-pyrrole nitrogens is 1. The minimum absolute atomic E-state index is 0.0303. The second-order valence-corrected chi connectivity index (χ2v) is 11.6. The Bertz CT molecular complexity index is 1420. The van der Waals surface area contributed by atoms with Crippen LogP contribution in [0.3, 0.4) is 0 Å². The first kappa shape index (κ1) is 26.9. The van der Waals surface area contributed by atoms with Gasteiger partial charge in [0.25, 0.3) is 0 Å². The lowest BCUT2D eigenvalue weighted by Gasteiger charge is -2.19. The quantitative estimate of drug-likeness (QED) is 0.252. The molecule has 0 spiro atoms. The Kier molecular flexibility index (Phi) is 8.57. The molecule has 1 aliphatic rings. The number of carbonyl (C=O) groups excluding carboxylic acids is 2. The van der Waals surface area contributed by atoms with Crippen LogP contribution in [0.2, 0.25) is 0 Å². The summed E-state index contributed by atoms with van der Waals surface area (Å²) in [5.74, 6) is -0.137. The highest BCUT2D eigenvalue weighted by Gasteiger charge is 2.29. The molecule has 1 aromatic heterocycles. The van der Waals surface area contributed by atoms with Gasteiger partial charge in [-0.1, -0.05) is 60.7 Å². The van der Waals surface area contributed by atoms with Crippen molar-refractivity contribution in [1.29, 1.82) is 0 Å². The van der Waals surface area contributed by atoms with E-state index in [0.717, 1.165) is 34.0 Å². The first-order valence-corrected chi connectivity index (χ1v) is 14.7. The fourth-order valence-electron chi connectivity index (χ4n) is 4.63. The van der Waals surface area contributed by atoms with E-state index in [9.17, 15) is 14.2 Å². The Morgan fingerprint density at radius 2 is 1.62 bits per heavy atom. The third-order valence-electron chi connectivity index (χ3n) is 6.78.